The van der Waals surface area contributed by atoms with Gasteiger partial charge in [0.25, 0.3) is 5.91 Å². The van der Waals surface area contributed by atoms with Crippen molar-refractivity contribution >= 4 is 27.5 Å². The average molecular weight is 316 g/mol. The van der Waals surface area contributed by atoms with Crippen LogP contribution in [0.5, 0.6) is 0 Å². The molecule has 0 spiro atoms. The Labute approximate surface area is 119 Å². The van der Waals surface area contributed by atoms with E-state index in [9.17, 15) is 4.79 Å². The van der Waals surface area contributed by atoms with E-state index in [4.69, 9.17) is 5.26 Å². The molecule has 0 aliphatic carbocycles. The summed E-state index contributed by atoms with van der Waals surface area (Å²) in [5.74, 6) is -0.251. The number of nitriles is 1. The molecule has 2 rings (SSSR count). The fourth-order valence-electron chi connectivity index (χ4n) is 1.52. The van der Waals surface area contributed by atoms with Gasteiger partial charge in [-0.1, -0.05) is 15.9 Å². The lowest BCUT2D eigenvalue weighted by Crippen LogP contribution is -2.12. The first-order chi connectivity index (χ1) is 9.10. The first-order valence-corrected chi connectivity index (χ1v) is 6.33. The fraction of sp³-hybridized carbons (Fsp3) is 0.0714. The summed E-state index contributed by atoms with van der Waals surface area (Å²) in [4.78, 5) is 15.8. The summed E-state index contributed by atoms with van der Waals surface area (Å²) in [7, 11) is 0. The van der Waals surface area contributed by atoms with Crippen molar-refractivity contribution < 1.29 is 4.79 Å². The molecule has 0 saturated carbocycles. The van der Waals surface area contributed by atoms with Crippen LogP contribution in [0.2, 0.25) is 0 Å². The summed E-state index contributed by atoms with van der Waals surface area (Å²) in [6.07, 6.45) is 1.39. The molecule has 4 nitrogen and oxygen atoms in total. The Morgan fingerprint density at radius 1 is 1.37 bits per heavy atom. The molecule has 2 aromatic rings. The van der Waals surface area contributed by atoms with E-state index in [0.29, 0.717) is 5.56 Å². The Bertz CT molecular complexity index is 659. The van der Waals surface area contributed by atoms with Crippen molar-refractivity contribution in [1.29, 1.82) is 5.26 Å². The van der Waals surface area contributed by atoms with Crippen LogP contribution in [-0.2, 0) is 0 Å². The van der Waals surface area contributed by atoms with Gasteiger partial charge in [0.05, 0.1) is 5.56 Å². The maximum Gasteiger partial charge on any atom is 0.257 e. The van der Waals surface area contributed by atoms with Gasteiger partial charge in [-0.25, -0.2) is 4.98 Å². The molecule has 0 atom stereocenters. The van der Waals surface area contributed by atoms with Crippen molar-refractivity contribution in [2.75, 3.05) is 5.32 Å². The molecule has 0 fully saturated rings. The van der Waals surface area contributed by atoms with Crippen LogP contribution in [0.25, 0.3) is 0 Å². The summed E-state index contributed by atoms with van der Waals surface area (Å²) in [5.41, 5.74) is 2.46. The molecular weight excluding hydrogens is 306 g/mol. The first kappa shape index (κ1) is 13.2. The smallest absolute Gasteiger partial charge is 0.257 e. The molecule has 0 unspecified atom stereocenters. The van der Waals surface area contributed by atoms with Gasteiger partial charge in [0.1, 0.15) is 11.8 Å². The van der Waals surface area contributed by atoms with E-state index in [1.165, 1.54) is 12.3 Å². The third kappa shape index (κ3) is 3.18. The lowest BCUT2D eigenvalue weighted by atomic mass is 10.2. The van der Waals surface area contributed by atoms with E-state index < -0.39 is 0 Å². The number of pyridine rings is 1. The lowest BCUT2D eigenvalue weighted by Gasteiger charge is -2.07. The van der Waals surface area contributed by atoms with Gasteiger partial charge < -0.3 is 5.32 Å². The minimum absolute atomic E-state index is 0.251. The van der Waals surface area contributed by atoms with Crippen molar-refractivity contribution in [3.8, 4) is 6.07 Å². The molecule has 0 saturated heterocycles. The molecule has 0 bridgehead atoms. The van der Waals surface area contributed by atoms with Gasteiger partial charge in [0, 0.05) is 16.4 Å². The van der Waals surface area contributed by atoms with Crippen molar-refractivity contribution in [2.45, 2.75) is 6.92 Å². The van der Waals surface area contributed by atoms with E-state index in [1.807, 2.05) is 31.2 Å². The zero-order chi connectivity index (χ0) is 13.8. The molecule has 1 heterocycles. The highest BCUT2D eigenvalue weighted by atomic mass is 79.9. The molecule has 0 aliphatic heterocycles. The second-order valence-corrected chi connectivity index (χ2v) is 4.82. The SMILES string of the molecule is Cc1cc(NC(=O)c2ccc(C#N)nc2)ccc1Br. The van der Waals surface area contributed by atoms with Crippen molar-refractivity contribution in [3.05, 3.63) is 57.8 Å². The molecular formula is C14H10BrN3O. The molecule has 19 heavy (non-hydrogen) atoms. The zero-order valence-electron chi connectivity index (χ0n) is 10.1. The molecule has 1 aromatic carbocycles. The summed E-state index contributed by atoms with van der Waals surface area (Å²) < 4.78 is 0.991. The number of anilines is 1. The van der Waals surface area contributed by atoms with E-state index in [1.54, 1.807) is 6.07 Å². The van der Waals surface area contributed by atoms with Crippen LogP contribution in [-0.4, -0.2) is 10.9 Å². The number of rotatable bonds is 2. The van der Waals surface area contributed by atoms with Crippen LogP contribution in [0.4, 0.5) is 5.69 Å². The second kappa shape index (κ2) is 5.63. The highest BCUT2D eigenvalue weighted by Gasteiger charge is 2.07. The predicted octanol–water partition coefficient (Wildman–Crippen LogP) is 3.28. The normalized spacial score (nSPS) is 9.74. The molecule has 0 radical (unpaired) electrons. The Morgan fingerprint density at radius 2 is 2.16 bits per heavy atom. The second-order valence-electron chi connectivity index (χ2n) is 3.96. The highest BCUT2D eigenvalue weighted by molar-refractivity contribution is 9.10. The van der Waals surface area contributed by atoms with Crippen LogP contribution in [0.3, 0.4) is 0 Å². The van der Waals surface area contributed by atoms with Gasteiger partial charge in [-0.15, -0.1) is 0 Å². The van der Waals surface area contributed by atoms with Crippen LogP contribution in [0.15, 0.2) is 41.0 Å². The van der Waals surface area contributed by atoms with Gasteiger partial charge in [-0.3, -0.25) is 4.79 Å². The molecule has 94 valence electrons. The van der Waals surface area contributed by atoms with Crippen molar-refractivity contribution in [3.63, 3.8) is 0 Å². The quantitative estimate of drug-likeness (QED) is 0.924. The topological polar surface area (TPSA) is 65.8 Å². The highest BCUT2D eigenvalue weighted by Crippen LogP contribution is 2.20. The number of nitrogens with one attached hydrogen (secondary N) is 1. The van der Waals surface area contributed by atoms with Crippen molar-refractivity contribution in [2.24, 2.45) is 0 Å². The van der Waals surface area contributed by atoms with Crippen LogP contribution in [0.1, 0.15) is 21.6 Å². The lowest BCUT2D eigenvalue weighted by molar-refractivity contribution is 0.102. The van der Waals surface area contributed by atoms with Gasteiger partial charge in [0.15, 0.2) is 0 Å². The van der Waals surface area contributed by atoms with Crippen molar-refractivity contribution in [1.82, 2.24) is 4.98 Å². The van der Waals surface area contributed by atoms with E-state index in [-0.39, 0.29) is 11.6 Å². The Balaban J connectivity index is 2.16. The summed E-state index contributed by atoms with van der Waals surface area (Å²) in [6, 6.07) is 10.6. The number of carbonyl (C=O) groups is 1. The number of amides is 1. The summed E-state index contributed by atoms with van der Waals surface area (Å²) >= 11 is 3.40. The maximum atomic E-state index is 12.0. The van der Waals surface area contributed by atoms with Crippen LogP contribution >= 0.6 is 15.9 Å². The van der Waals surface area contributed by atoms with Gasteiger partial charge in [-0.05, 0) is 42.8 Å². The molecule has 1 N–H and O–H groups in total. The zero-order valence-corrected chi connectivity index (χ0v) is 11.7. The minimum atomic E-state index is -0.251. The van der Waals surface area contributed by atoms with E-state index >= 15 is 0 Å². The number of aromatic nitrogens is 1. The predicted molar refractivity (Wildman–Crippen MR) is 75.8 cm³/mol. The number of hydrogen-bond donors (Lipinski definition) is 1. The van der Waals surface area contributed by atoms with E-state index in [0.717, 1.165) is 15.7 Å². The van der Waals surface area contributed by atoms with Gasteiger partial charge >= 0.3 is 0 Å². The third-order valence-electron chi connectivity index (χ3n) is 2.56. The number of aryl methyl sites for hydroxylation is 1. The Kier molecular flexibility index (Phi) is 3.93. The van der Waals surface area contributed by atoms with Gasteiger partial charge in [-0.2, -0.15) is 5.26 Å². The maximum absolute atomic E-state index is 12.0. The number of hydrogen-bond acceptors (Lipinski definition) is 3. The van der Waals surface area contributed by atoms with E-state index in [2.05, 4.69) is 26.2 Å². The number of carbonyl (C=O) groups excluding carboxylic acids is 1. The summed E-state index contributed by atoms with van der Waals surface area (Å²) in [5, 5.41) is 11.4. The summed E-state index contributed by atoms with van der Waals surface area (Å²) in [6.45, 7) is 1.95. The third-order valence-corrected chi connectivity index (χ3v) is 3.45. The monoisotopic (exact) mass is 315 g/mol. The minimum Gasteiger partial charge on any atom is -0.322 e. The number of nitrogens with zero attached hydrogens (tertiary/aromatic N) is 2. The molecule has 1 amide bonds. The van der Waals surface area contributed by atoms with Crippen LogP contribution in [0, 0.1) is 18.3 Å². The number of halogens is 1. The standard InChI is InChI=1S/C14H10BrN3O/c1-9-6-11(4-5-13(9)15)18-14(19)10-2-3-12(7-16)17-8-10/h2-6,8H,1H3,(H,18,19). The molecule has 5 heteroatoms. The average Bonchev–Trinajstić information content (AvgIpc) is 2.43. The molecule has 1 aromatic heterocycles. The Hall–Kier alpha value is -2.19. The largest absolute Gasteiger partial charge is 0.322 e. The first-order valence-electron chi connectivity index (χ1n) is 5.54. The molecule has 0 aliphatic rings. The fourth-order valence-corrected chi connectivity index (χ4v) is 1.77. The Morgan fingerprint density at radius 3 is 2.74 bits per heavy atom. The van der Waals surface area contributed by atoms with Gasteiger partial charge in [0.2, 0.25) is 0 Å². The van der Waals surface area contributed by atoms with Crippen LogP contribution < -0.4 is 5.32 Å². The number of benzene rings is 1.